The zero-order valence-electron chi connectivity index (χ0n) is 10.7. The number of amides is 1. The Bertz CT molecular complexity index is 381. The van der Waals surface area contributed by atoms with Crippen molar-refractivity contribution in [2.75, 3.05) is 6.54 Å². The molecule has 1 fully saturated rings. The number of hydrogen-bond acceptors (Lipinski definition) is 3. The van der Waals surface area contributed by atoms with Gasteiger partial charge in [-0.25, -0.2) is 4.79 Å². The summed E-state index contributed by atoms with van der Waals surface area (Å²) < 4.78 is 5.20. The number of alkyl carbamates (subject to hydrolysis) is 1. The van der Waals surface area contributed by atoms with Crippen LogP contribution in [0.3, 0.4) is 0 Å². The summed E-state index contributed by atoms with van der Waals surface area (Å²) in [7, 11) is 0. The molecule has 0 radical (unpaired) electrons. The fourth-order valence-electron chi connectivity index (χ4n) is 2.19. The number of benzene rings is 1. The Morgan fingerprint density at radius 3 is 2.94 bits per heavy atom. The molecule has 2 rings (SSSR count). The lowest BCUT2D eigenvalue weighted by molar-refractivity contribution is 0.132. The average Bonchev–Trinajstić information content (AvgIpc) is 2.38. The molecule has 1 aromatic rings. The van der Waals surface area contributed by atoms with E-state index < -0.39 is 0 Å². The molecular weight excluding hydrogens is 228 g/mol. The molecule has 1 saturated heterocycles. The zero-order chi connectivity index (χ0) is 12.8. The lowest BCUT2D eigenvalue weighted by Crippen LogP contribution is -2.46. The molecule has 1 aliphatic rings. The molecule has 4 heteroatoms. The van der Waals surface area contributed by atoms with Gasteiger partial charge < -0.3 is 15.4 Å². The van der Waals surface area contributed by atoms with Crippen molar-refractivity contribution in [1.29, 1.82) is 0 Å². The number of rotatable bonds is 3. The van der Waals surface area contributed by atoms with Crippen LogP contribution in [0.5, 0.6) is 0 Å². The van der Waals surface area contributed by atoms with Crippen molar-refractivity contribution < 1.29 is 9.53 Å². The van der Waals surface area contributed by atoms with Gasteiger partial charge >= 0.3 is 6.09 Å². The van der Waals surface area contributed by atoms with Gasteiger partial charge in [0.2, 0.25) is 0 Å². The van der Waals surface area contributed by atoms with Crippen LogP contribution in [-0.2, 0) is 11.3 Å². The SMILES string of the molecule is C[C@@H]1C[C@H](NC(=O)OCc2ccccc2)CCN1. The molecule has 1 aromatic carbocycles. The van der Waals surface area contributed by atoms with Crippen LogP contribution in [0, 0.1) is 0 Å². The maximum absolute atomic E-state index is 11.6. The summed E-state index contributed by atoms with van der Waals surface area (Å²) >= 11 is 0. The Morgan fingerprint density at radius 2 is 2.22 bits per heavy atom. The monoisotopic (exact) mass is 248 g/mol. The predicted octanol–water partition coefficient (Wildman–Crippen LogP) is 2.05. The normalized spacial score (nSPS) is 23.4. The average molecular weight is 248 g/mol. The van der Waals surface area contributed by atoms with E-state index in [4.69, 9.17) is 4.74 Å². The van der Waals surface area contributed by atoms with Gasteiger partial charge in [0.15, 0.2) is 0 Å². The number of carbonyl (C=O) groups excluding carboxylic acids is 1. The summed E-state index contributed by atoms with van der Waals surface area (Å²) in [6, 6.07) is 10.4. The van der Waals surface area contributed by atoms with Crippen molar-refractivity contribution in [2.24, 2.45) is 0 Å². The summed E-state index contributed by atoms with van der Waals surface area (Å²) in [4.78, 5) is 11.6. The van der Waals surface area contributed by atoms with Gasteiger partial charge in [-0.15, -0.1) is 0 Å². The van der Waals surface area contributed by atoms with Gasteiger partial charge in [0.25, 0.3) is 0 Å². The van der Waals surface area contributed by atoms with E-state index in [1.165, 1.54) is 0 Å². The van der Waals surface area contributed by atoms with Crippen LogP contribution in [0.25, 0.3) is 0 Å². The van der Waals surface area contributed by atoms with Crippen molar-refractivity contribution in [3.8, 4) is 0 Å². The van der Waals surface area contributed by atoms with Crippen molar-refractivity contribution in [3.05, 3.63) is 35.9 Å². The van der Waals surface area contributed by atoms with Crippen molar-refractivity contribution in [3.63, 3.8) is 0 Å². The largest absolute Gasteiger partial charge is 0.445 e. The molecule has 0 spiro atoms. The number of nitrogens with one attached hydrogen (secondary N) is 2. The highest BCUT2D eigenvalue weighted by Crippen LogP contribution is 2.08. The number of carbonyl (C=O) groups is 1. The highest BCUT2D eigenvalue weighted by Gasteiger charge is 2.20. The van der Waals surface area contributed by atoms with Crippen LogP contribution in [0.2, 0.25) is 0 Å². The number of piperidine rings is 1. The van der Waals surface area contributed by atoms with Crippen LogP contribution in [0.15, 0.2) is 30.3 Å². The molecule has 1 heterocycles. The zero-order valence-corrected chi connectivity index (χ0v) is 10.7. The quantitative estimate of drug-likeness (QED) is 0.860. The predicted molar refractivity (Wildman–Crippen MR) is 70.2 cm³/mol. The second-order valence-corrected chi connectivity index (χ2v) is 4.78. The summed E-state index contributed by atoms with van der Waals surface area (Å²) in [6.07, 6.45) is 1.60. The summed E-state index contributed by atoms with van der Waals surface area (Å²) in [5.41, 5.74) is 1.01. The standard InChI is InChI=1S/C14H20N2O2/c1-11-9-13(7-8-15-11)16-14(17)18-10-12-5-3-2-4-6-12/h2-6,11,13,15H,7-10H2,1H3,(H,16,17)/t11-,13-/m1/s1. The smallest absolute Gasteiger partial charge is 0.407 e. The van der Waals surface area contributed by atoms with E-state index in [0.29, 0.717) is 12.6 Å². The minimum atomic E-state index is -0.321. The summed E-state index contributed by atoms with van der Waals surface area (Å²) in [5.74, 6) is 0. The first-order valence-corrected chi connectivity index (χ1v) is 6.44. The molecule has 0 aliphatic carbocycles. The third-order valence-electron chi connectivity index (χ3n) is 3.16. The first-order valence-electron chi connectivity index (χ1n) is 6.44. The van der Waals surface area contributed by atoms with Gasteiger partial charge in [0.1, 0.15) is 6.61 Å². The Balaban J connectivity index is 1.72. The van der Waals surface area contributed by atoms with Crippen molar-refractivity contribution >= 4 is 6.09 Å². The van der Waals surface area contributed by atoms with Crippen molar-refractivity contribution in [2.45, 2.75) is 38.5 Å². The lowest BCUT2D eigenvalue weighted by Gasteiger charge is -2.28. The molecule has 0 aromatic heterocycles. The minimum Gasteiger partial charge on any atom is -0.445 e. The molecule has 4 nitrogen and oxygen atoms in total. The Labute approximate surface area is 108 Å². The van der Waals surface area contributed by atoms with E-state index in [0.717, 1.165) is 24.9 Å². The first-order chi connectivity index (χ1) is 8.74. The van der Waals surface area contributed by atoms with Crippen LogP contribution in [0.4, 0.5) is 4.79 Å². The van der Waals surface area contributed by atoms with Gasteiger partial charge in [-0.05, 0) is 31.9 Å². The lowest BCUT2D eigenvalue weighted by atomic mass is 10.0. The maximum atomic E-state index is 11.6. The Hall–Kier alpha value is -1.55. The van der Waals surface area contributed by atoms with Gasteiger partial charge in [-0.1, -0.05) is 30.3 Å². The second kappa shape index (κ2) is 6.40. The van der Waals surface area contributed by atoms with Gasteiger partial charge in [-0.3, -0.25) is 0 Å². The molecule has 0 bridgehead atoms. The van der Waals surface area contributed by atoms with E-state index in [1.807, 2.05) is 30.3 Å². The van der Waals surface area contributed by atoms with Crippen LogP contribution in [-0.4, -0.2) is 24.7 Å². The second-order valence-electron chi connectivity index (χ2n) is 4.78. The third kappa shape index (κ3) is 4.04. The molecule has 0 unspecified atom stereocenters. The van der Waals surface area contributed by atoms with Gasteiger partial charge in [0.05, 0.1) is 0 Å². The van der Waals surface area contributed by atoms with Crippen LogP contribution >= 0.6 is 0 Å². The van der Waals surface area contributed by atoms with E-state index in [-0.39, 0.29) is 12.1 Å². The number of hydrogen-bond donors (Lipinski definition) is 2. The van der Waals surface area contributed by atoms with Crippen LogP contribution in [0.1, 0.15) is 25.3 Å². The fraction of sp³-hybridized carbons (Fsp3) is 0.500. The Morgan fingerprint density at radius 1 is 1.44 bits per heavy atom. The number of ether oxygens (including phenoxy) is 1. The highest BCUT2D eigenvalue weighted by molar-refractivity contribution is 5.67. The molecule has 98 valence electrons. The summed E-state index contributed by atoms with van der Waals surface area (Å²) in [5, 5.41) is 6.27. The highest BCUT2D eigenvalue weighted by atomic mass is 16.5. The van der Waals surface area contributed by atoms with Gasteiger partial charge in [0, 0.05) is 12.1 Å². The topological polar surface area (TPSA) is 50.4 Å². The molecule has 1 amide bonds. The Kier molecular flexibility index (Phi) is 4.59. The molecular formula is C14H20N2O2. The van der Waals surface area contributed by atoms with E-state index in [1.54, 1.807) is 0 Å². The van der Waals surface area contributed by atoms with Crippen molar-refractivity contribution in [1.82, 2.24) is 10.6 Å². The van der Waals surface area contributed by atoms with E-state index in [2.05, 4.69) is 17.6 Å². The minimum absolute atomic E-state index is 0.226. The summed E-state index contributed by atoms with van der Waals surface area (Å²) in [6.45, 7) is 3.40. The van der Waals surface area contributed by atoms with Crippen LogP contribution < -0.4 is 10.6 Å². The molecule has 1 aliphatic heterocycles. The molecule has 18 heavy (non-hydrogen) atoms. The fourth-order valence-corrected chi connectivity index (χ4v) is 2.19. The molecule has 2 N–H and O–H groups in total. The molecule has 0 saturated carbocycles. The third-order valence-corrected chi connectivity index (χ3v) is 3.16. The van der Waals surface area contributed by atoms with Gasteiger partial charge in [-0.2, -0.15) is 0 Å². The first kappa shape index (κ1) is 12.9. The molecule has 2 atom stereocenters. The van der Waals surface area contributed by atoms with E-state index in [9.17, 15) is 4.79 Å². The van der Waals surface area contributed by atoms with E-state index >= 15 is 0 Å². The maximum Gasteiger partial charge on any atom is 0.407 e.